The quantitative estimate of drug-likeness (QED) is 0.757. The SMILES string of the molecule is C[C@@H]1CCc2c(sc3nc(/C=C/c4ccc(C#N)cc4)[nH]c(=O)c23)C1. The normalized spacial score (nSPS) is 16.9. The maximum absolute atomic E-state index is 12.6. The van der Waals surface area contributed by atoms with Crippen LogP contribution in [-0.2, 0) is 12.8 Å². The first-order valence-electron chi connectivity index (χ1n) is 8.37. The fourth-order valence-electron chi connectivity index (χ4n) is 3.29. The van der Waals surface area contributed by atoms with Gasteiger partial charge in [-0.2, -0.15) is 5.26 Å². The molecule has 0 radical (unpaired) electrons. The fraction of sp³-hybridized carbons (Fsp3) is 0.250. The number of nitrogens with one attached hydrogen (secondary N) is 1. The number of aromatic amines is 1. The molecule has 0 aliphatic heterocycles. The van der Waals surface area contributed by atoms with Crippen LogP contribution in [0.15, 0.2) is 29.1 Å². The number of aryl methyl sites for hydroxylation is 1. The predicted octanol–water partition coefficient (Wildman–Crippen LogP) is 4.15. The van der Waals surface area contributed by atoms with Crippen molar-refractivity contribution in [2.24, 2.45) is 5.92 Å². The molecule has 0 saturated carbocycles. The summed E-state index contributed by atoms with van der Waals surface area (Å²) < 4.78 is 0. The third kappa shape index (κ3) is 3.01. The Morgan fingerprint density at radius 1 is 1.32 bits per heavy atom. The van der Waals surface area contributed by atoms with Crippen LogP contribution in [-0.4, -0.2) is 9.97 Å². The molecule has 0 spiro atoms. The van der Waals surface area contributed by atoms with Gasteiger partial charge in [0, 0.05) is 4.88 Å². The van der Waals surface area contributed by atoms with Crippen molar-refractivity contribution in [2.45, 2.75) is 26.2 Å². The van der Waals surface area contributed by atoms with Crippen LogP contribution in [0.25, 0.3) is 22.4 Å². The second-order valence-electron chi connectivity index (χ2n) is 6.55. The van der Waals surface area contributed by atoms with Gasteiger partial charge in [-0.1, -0.05) is 25.1 Å². The molecular weight excluding hydrogens is 330 g/mol. The van der Waals surface area contributed by atoms with Crippen molar-refractivity contribution in [3.8, 4) is 6.07 Å². The Hall–Kier alpha value is -2.71. The molecule has 4 rings (SSSR count). The molecule has 1 atom stereocenters. The molecule has 2 heterocycles. The lowest BCUT2D eigenvalue weighted by Crippen LogP contribution is -2.13. The van der Waals surface area contributed by atoms with Crippen molar-refractivity contribution < 1.29 is 0 Å². The summed E-state index contributed by atoms with van der Waals surface area (Å²) in [6.45, 7) is 2.26. The summed E-state index contributed by atoms with van der Waals surface area (Å²) in [5, 5.41) is 9.62. The van der Waals surface area contributed by atoms with E-state index in [-0.39, 0.29) is 5.56 Å². The lowest BCUT2D eigenvalue weighted by atomic mass is 9.89. The summed E-state index contributed by atoms with van der Waals surface area (Å²) in [4.78, 5) is 22.2. The van der Waals surface area contributed by atoms with Gasteiger partial charge >= 0.3 is 0 Å². The Labute approximate surface area is 149 Å². The van der Waals surface area contributed by atoms with Gasteiger partial charge in [0.2, 0.25) is 0 Å². The number of rotatable bonds is 2. The summed E-state index contributed by atoms with van der Waals surface area (Å²) in [5.41, 5.74) is 2.75. The minimum absolute atomic E-state index is 0.0449. The monoisotopic (exact) mass is 347 g/mol. The molecule has 1 N–H and O–H groups in total. The molecule has 0 saturated heterocycles. The highest BCUT2D eigenvalue weighted by molar-refractivity contribution is 7.18. The van der Waals surface area contributed by atoms with E-state index in [4.69, 9.17) is 5.26 Å². The molecule has 0 amide bonds. The second kappa shape index (κ2) is 6.30. The van der Waals surface area contributed by atoms with Crippen LogP contribution < -0.4 is 5.56 Å². The number of benzene rings is 1. The van der Waals surface area contributed by atoms with E-state index < -0.39 is 0 Å². The van der Waals surface area contributed by atoms with Gasteiger partial charge in [0.1, 0.15) is 10.7 Å². The first-order chi connectivity index (χ1) is 12.1. The van der Waals surface area contributed by atoms with Crippen molar-refractivity contribution in [2.75, 3.05) is 0 Å². The summed E-state index contributed by atoms with van der Waals surface area (Å²) in [6.07, 6.45) is 6.86. The second-order valence-corrected chi connectivity index (χ2v) is 7.63. The van der Waals surface area contributed by atoms with Gasteiger partial charge in [0.15, 0.2) is 0 Å². The molecule has 3 aromatic rings. The lowest BCUT2D eigenvalue weighted by Gasteiger charge is -2.17. The molecule has 5 heteroatoms. The molecule has 1 aliphatic carbocycles. The van der Waals surface area contributed by atoms with E-state index in [0.717, 1.165) is 35.0 Å². The number of aromatic nitrogens is 2. The fourth-order valence-corrected chi connectivity index (χ4v) is 4.68. The highest BCUT2D eigenvalue weighted by atomic mass is 32.1. The van der Waals surface area contributed by atoms with Crippen LogP contribution in [0.4, 0.5) is 0 Å². The van der Waals surface area contributed by atoms with Crippen LogP contribution in [0, 0.1) is 17.2 Å². The van der Waals surface area contributed by atoms with Crippen LogP contribution in [0.3, 0.4) is 0 Å². The molecule has 2 aromatic heterocycles. The molecular formula is C20H17N3OS. The highest BCUT2D eigenvalue weighted by Crippen LogP contribution is 2.35. The number of nitriles is 1. The smallest absolute Gasteiger partial charge is 0.260 e. The van der Waals surface area contributed by atoms with E-state index in [2.05, 4.69) is 23.0 Å². The van der Waals surface area contributed by atoms with Crippen molar-refractivity contribution in [3.63, 3.8) is 0 Å². The summed E-state index contributed by atoms with van der Waals surface area (Å²) >= 11 is 1.66. The first-order valence-corrected chi connectivity index (χ1v) is 9.18. The molecule has 25 heavy (non-hydrogen) atoms. The van der Waals surface area contributed by atoms with Crippen molar-refractivity contribution in [1.82, 2.24) is 9.97 Å². The molecule has 1 aliphatic rings. The van der Waals surface area contributed by atoms with E-state index in [1.807, 2.05) is 24.3 Å². The Morgan fingerprint density at radius 3 is 2.88 bits per heavy atom. The molecule has 4 nitrogen and oxygen atoms in total. The minimum Gasteiger partial charge on any atom is -0.306 e. The van der Waals surface area contributed by atoms with Gasteiger partial charge in [0.25, 0.3) is 5.56 Å². The van der Waals surface area contributed by atoms with E-state index in [1.165, 1.54) is 10.4 Å². The standard InChI is InChI=1S/C20H17N3OS/c1-12-2-8-15-16(10-12)25-20-18(15)19(24)22-17(23-20)9-7-13-3-5-14(11-21)6-4-13/h3-7,9,12H,2,8,10H2,1H3,(H,22,23,24)/b9-7+/t12-/m1/s1. The zero-order valence-electron chi connectivity index (χ0n) is 13.9. The van der Waals surface area contributed by atoms with E-state index in [1.54, 1.807) is 23.5 Å². The van der Waals surface area contributed by atoms with Crippen LogP contribution in [0.5, 0.6) is 0 Å². The van der Waals surface area contributed by atoms with Crippen molar-refractivity contribution >= 4 is 33.7 Å². The van der Waals surface area contributed by atoms with Crippen LogP contribution in [0.2, 0.25) is 0 Å². The maximum atomic E-state index is 12.6. The van der Waals surface area contributed by atoms with Gasteiger partial charge < -0.3 is 4.98 Å². The van der Waals surface area contributed by atoms with Crippen molar-refractivity contribution in [3.05, 3.63) is 62.0 Å². The third-order valence-electron chi connectivity index (χ3n) is 4.66. The Kier molecular flexibility index (Phi) is 3.98. The maximum Gasteiger partial charge on any atom is 0.260 e. The molecule has 0 unspecified atom stereocenters. The molecule has 0 bridgehead atoms. The van der Waals surface area contributed by atoms with Gasteiger partial charge in [0.05, 0.1) is 17.0 Å². The Morgan fingerprint density at radius 2 is 2.12 bits per heavy atom. The van der Waals surface area contributed by atoms with Gasteiger partial charge in [-0.3, -0.25) is 4.79 Å². The summed E-state index contributed by atoms with van der Waals surface area (Å²) in [6, 6.07) is 9.39. The number of H-pyrrole nitrogens is 1. The average Bonchev–Trinajstić information content (AvgIpc) is 2.98. The van der Waals surface area contributed by atoms with Crippen LogP contribution in [0.1, 0.15) is 40.7 Å². The number of thiophene rings is 1. The number of fused-ring (bicyclic) bond motifs is 3. The minimum atomic E-state index is -0.0449. The van der Waals surface area contributed by atoms with Gasteiger partial charge in [-0.05, 0) is 54.5 Å². The van der Waals surface area contributed by atoms with Crippen LogP contribution >= 0.6 is 11.3 Å². The predicted molar refractivity (Wildman–Crippen MR) is 102 cm³/mol. The Bertz CT molecular complexity index is 1070. The Balaban J connectivity index is 1.70. The number of hydrogen-bond donors (Lipinski definition) is 1. The van der Waals surface area contributed by atoms with E-state index >= 15 is 0 Å². The summed E-state index contributed by atoms with van der Waals surface area (Å²) in [5.74, 6) is 1.24. The largest absolute Gasteiger partial charge is 0.306 e. The average molecular weight is 347 g/mol. The van der Waals surface area contributed by atoms with E-state index in [0.29, 0.717) is 17.3 Å². The highest BCUT2D eigenvalue weighted by Gasteiger charge is 2.22. The topological polar surface area (TPSA) is 69.5 Å². The number of nitrogens with zero attached hydrogens (tertiary/aromatic N) is 2. The lowest BCUT2D eigenvalue weighted by molar-refractivity contribution is 0.509. The van der Waals surface area contributed by atoms with Crippen molar-refractivity contribution in [1.29, 1.82) is 5.26 Å². The number of hydrogen-bond acceptors (Lipinski definition) is 4. The molecule has 1 aromatic carbocycles. The first kappa shape index (κ1) is 15.8. The van der Waals surface area contributed by atoms with Gasteiger partial charge in [-0.15, -0.1) is 11.3 Å². The third-order valence-corrected chi connectivity index (χ3v) is 5.81. The van der Waals surface area contributed by atoms with E-state index in [9.17, 15) is 4.79 Å². The molecule has 0 fully saturated rings. The zero-order valence-corrected chi connectivity index (χ0v) is 14.7. The molecule has 124 valence electrons. The summed E-state index contributed by atoms with van der Waals surface area (Å²) in [7, 11) is 0. The zero-order chi connectivity index (χ0) is 17.4. The van der Waals surface area contributed by atoms with Gasteiger partial charge in [-0.25, -0.2) is 4.98 Å².